The molecular formula is C22H18FN3S. The Morgan fingerprint density at radius 1 is 1.00 bits per heavy atom. The molecule has 3 nitrogen and oxygen atoms in total. The summed E-state index contributed by atoms with van der Waals surface area (Å²) in [5.74, 6) is -0.175. The molecule has 134 valence electrons. The Morgan fingerprint density at radius 3 is 2.74 bits per heavy atom. The smallest absolute Gasteiger partial charge is 0.186 e. The van der Waals surface area contributed by atoms with Gasteiger partial charge in [0.25, 0.3) is 0 Å². The maximum atomic E-state index is 13.7. The second-order valence-corrected chi connectivity index (χ2v) is 7.83. The summed E-state index contributed by atoms with van der Waals surface area (Å²) in [6.07, 6.45) is 5.75. The third-order valence-electron chi connectivity index (χ3n) is 5.12. The highest BCUT2D eigenvalue weighted by atomic mass is 32.1. The zero-order valence-electron chi connectivity index (χ0n) is 14.7. The zero-order valence-corrected chi connectivity index (χ0v) is 15.5. The van der Waals surface area contributed by atoms with Gasteiger partial charge in [-0.1, -0.05) is 29.5 Å². The Hall–Kier alpha value is -2.79. The minimum absolute atomic E-state index is 0.175. The second-order valence-electron chi connectivity index (χ2n) is 6.82. The SMILES string of the molecule is Fc1cccc(C2CCCN2c2nc3ccc(-c4ccncc4)cc3s2)c1. The lowest BCUT2D eigenvalue weighted by Gasteiger charge is -2.24. The molecule has 0 bridgehead atoms. The van der Waals surface area contributed by atoms with E-state index in [-0.39, 0.29) is 11.9 Å². The maximum absolute atomic E-state index is 13.7. The monoisotopic (exact) mass is 375 g/mol. The van der Waals surface area contributed by atoms with E-state index in [1.807, 2.05) is 30.6 Å². The molecule has 5 heteroatoms. The molecule has 2 aromatic carbocycles. The zero-order chi connectivity index (χ0) is 18.2. The quantitative estimate of drug-likeness (QED) is 0.450. The third kappa shape index (κ3) is 3.08. The van der Waals surface area contributed by atoms with Crippen molar-refractivity contribution >= 4 is 26.7 Å². The molecule has 0 radical (unpaired) electrons. The van der Waals surface area contributed by atoms with Crippen LogP contribution in [0.15, 0.2) is 67.0 Å². The lowest BCUT2D eigenvalue weighted by Crippen LogP contribution is -2.22. The van der Waals surface area contributed by atoms with E-state index in [0.717, 1.165) is 41.2 Å². The molecule has 0 amide bonds. The van der Waals surface area contributed by atoms with Gasteiger partial charge in [-0.25, -0.2) is 9.37 Å². The molecule has 1 fully saturated rings. The van der Waals surface area contributed by atoms with Gasteiger partial charge in [-0.15, -0.1) is 0 Å². The highest BCUT2D eigenvalue weighted by Crippen LogP contribution is 2.40. The molecule has 0 aliphatic carbocycles. The summed E-state index contributed by atoms with van der Waals surface area (Å²) >= 11 is 1.71. The minimum Gasteiger partial charge on any atom is -0.341 e. The molecule has 0 saturated carbocycles. The predicted molar refractivity (Wildman–Crippen MR) is 109 cm³/mol. The van der Waals surface area contributed by atoms with Crippen molar-refractivity contribution in [2.75, 3.05) is 11.4 Å². The van der Waals surface area contributed by atoms with E-state index >= 15 is 0 Å². The van der Waals surface area contributed by atoms with Crippen LogP contribution in [0.1, 0.15) is 24.4 Å². The van der Waals surface area contributed by atoms with E-state index in [4.69, 9.17) is 4.98 Å². The van der Waals surface area contributed by atoms with Gasteiger partial charge in [-0.2, -0.15) is 0 Å². The van der Waals surface area contributed by atoms with Gasteiger partial charge in [0.1, 0.15) is 5.82 Å². The number of hydrogen-bond acceptors (Lipinski definition) is 4. The summed E-state index contributed by atoms with van der Waals surface area (Å²) in [4.78, 5) is 11.3. The molecule has 1 aliphatic heterocycles. The van der Waals surface area contributed by atoms with Crippen LogP contribution in [0, 0.1) is 5.82 Å². The Morgan fingerprint density at radius 2 is 1.89 bits per heavy atom. The first kappa shape index (κ1) is 16.4. The van der Waals surface area contributed by atoms with E-state index in [1.54, 1.807) is 23.5 Å². The number of nitrogens with zero attached hydrogens (tertiary/aromatic N) is 3. The van der Waals surface area contributed by atoms with E-state index in [2.05, 4.69) is 28.1 Å². The van der Waals surface area contributed by atoms with Crippen molar-refractivity contribution in [3.63, 3.8) is 0 Å². The number of fused-ring (bicyclic) bond motifs is 1. The first-order chi connectivity index (χ1) is 13.3. The Bertz CT molecular complexity index is 1090. The van der Waals surface area contributed by atoms with Gasteiger partial charge in [-0.05, 0) is 65.9 Å². The normalized spacial score (nSPS) is 16.9. The maximum Gasteiger partial charge on any atom is 0.186 e. The van der Waals surface area contributed by atoms with Crippen molar-refractivity contribution in [1.82, 2.24) is 9.97 Å². The fourth-order valence-electron chi connectivity index (χ4n) is 3.82. The molecule has 3 heterocycles. The predicted octanol–water partition coefficient (Wildman–Crippen LogP) is 5.84. The van der Waals surface area contributed by atoms with Crippen molar-refractivity contribution in [2.24, 2.45) is 0 Å². The van der Waals surface area contributed by atoms with Gasteiger partial charge in [0.05, 0.1) is 16.3 Å². The molecule has 0 spiro atoms. The van der Waals surface area contributed by atoms with Gasteiger partial charge >= 0.3 is 0 Å². The Labute approximate surface area is 161 Å². The van der Waals surface area contributed by atoms with Gasteiger partial charge in [0.15, 0.2) is 5.13 Å². The summed E-state index contributed by atoms with van der Waals surface area (Å²) in [5, 5.41) is 1.02. The van der Waals surface area contributed by atoms with Crippen LogP contribution in [-0.2, 0) is 0 Å². The standard InChI is InChI=1S/C22H18FN3S/c23-18-4-1-3-17(13-18)20-5-2-12-26(20)22-25-19-7-6-16(14-21(19)27-22)15-8-10-24-11-9-15/h1,3-4,6-11,13-14,20H,2,5,12H2. The number of hydrogen-bond donors (Lipinski definition) is 0. The van der Waals surface area contributed by atoms with Crippen LogP contribution < -0.4 is 4.90 Å². The van der Waals surface area contributed by atoms with Gasteiger partial charge < -0.3 is 4.90 Å². The average Bonchev–Trinajstić information content (AvgIpc) is 3.35. The van der Waals surface area contributed by atoms with E-state index in [9.17, 15) is 4.39 Å². The van der Waals surface area contributed by atoms with Gasteiger partial charge in [-0.3, -0.25) is 4.98 Å². The van der Waals surface area contributed by atoms with Crippen molar-refractivity contribution in [1.29, 1.82) is 0 Å². The van der Waals surface area contributed by atoms with Gasteiger partial charge in [0.2, 0.25) is 0 Å². The van der Waals surface area contributed by atoms with Crippen molar-refractivity contribution in [2.45, 2.75) is 18.9 Å². The number of thiazole rings is 1. The van der Waals surface area contributed by atoms with E-state index in [0.29, 0.717) is 0 Å². The van der Waals surface area contributed by atoms with E-state index in [1.165, 1.54) is 16.3 Å². The van der Waals surface area contributed by atoms with Crippen molar-refractivity contribution in [3.05, 3.63) is 78.4 Å². The first-order valence-corrected chi connectivity index (χ1v) is 9.93. The number of rotatable bonds is 3. The number of halogens is 1. The second kappa shape index (κ2) is 6.74. The molecule has 4 aromatic rings. The van der Waals surface area contributed by atoms with Crippen LogP contribution in [0.4, 0.5) is 9.52 Å². The lowest BCUT2D eigenvalue weighted by molar-refractivity contribution is 0.618. The minimum atomic E-state index is -0.175. The molecule has 0 N–H and O–H groups in total. The molecule has 1 saturated heterocycles. The highest BCUT2D eigenvalue weighted by Gasteiger charge is 2.28. The van der Waals surface area contributed by atoms with Crippen molar-refractivity contribution in [3.8, 4) is 11.1 Å². The third-order valence-corrected chi connectivity index (χ3v) is 6.18. The summed E-state index contributed by atoms with van der Waals surface area (Å²) in [6.45, 7) is 0.957. The average molecular weight is 375 g/mol. The molecule has 2 aromatic heterocycles. The molecule has 1 atom stereocenters. The molecular weight excluding hydrogens is 357 g/mol. The van der Waals surface area contributed by atoms with Crippen molar-refractivity contribution < 1.29 is 4.39 Å². The van der Waals surface area contributed by atoms with Crippen LogP contribution in [-0.4, -0.2) is 16.5 Å². The molecule has 27 heavy (non-hydrogen) atoms. The molecule has 1 aliphatic rings. The van der Waals surface area contributed by atoms with Gasteiger partial charge in [0, 0.05) is 18.9 Å². The first-order valence-electron chi connectivity index (χ1n) is 9.11. The number of benzene rings is 2. The fraction of sp³-hybridized carbons (Fsp3) is 0.182. The van der Waals surface area contributed by atoms with Crippen LogP contribution in [0.25, 0.3) is 21.3 Å². The number of pyridine rings is 1. The van der Waals surface area contributed by atoms with Crippen LogP contribution in [0.3, 0.4) is 0 Å². The largest absolute Gasteiger partial charge is 0.341 e. The molecule has 5 rings (SSSR count). The van der Waals surface area contributed by atoms with E-state index < -0.39 is 0 Å². The lowest BCUT2D eigenvalue weighted by atomic mass is 10.0. The Kier molecular flexibility index (Phi) is 4.09. The highest BCUT2D eigenvalue weighted by molar-refractivity contribution is 7.22. The summed E-state index contributed by atoms with van der Waals surface area (Å²) in [6, 6.07) is 17.6. The van der Waals surface area contributed by atoms with Crippen LogP contribution >= 0.6 is 11.3 Å². The van der Waals surface area contributed by atoms with Crippen LogP contribution in [0.2, 0.25) is 0 Å². The fourth-order valence-corrected chi connectivity index (χ4v) is 4.90. The number of aromatic nitrogens is 2. The Balaban J connectivity index is 1.51. The summed E-state index contributed by atoms with van der Waals surface area (Å²) < 4.78 is 14.9. The molecule has 1 unspecified atom stereocenters. The number of anilines is 1. The summed E-state index contributed by atoms with van der Waals surface area (Å²) in [7, 11) is 0. The summed E-state index contributed by atoms with van der Waals surface area (Å²) in [5.41, 5.74) is 4.37. The van der Waals surface area contributed by atoms with Crippen LogP contribution in [0.5, 0.6) is 0 Å². The topological polar surface area (TPSA) is 29.0 Å².